The maximum Gasteiger partial charge on any atom is 0.231 e. The lowest BCUT2D eigenvalue weighted by molar-refractivity contribution is -0.634. The lowest BCUT2D eigenvalue weighted by atomic mass is 9.87. The molecule has 1 fully saturated rings. The van der Waals surface area contributed by atoms with Gasteiger partial charge in [0.1, 0.15) is 13.7 Å². The number of aromatic nitrogens is 1. The number of likely N-dealkylation sites (tertiary alicyclic amines) is 1. The van der Waals surface area contributed by atoms with Crippen LogP contribution >= 0.6 is 0 Å². The fraction of sp³-hybridized carbons (Fsp3) is 0.423. The number of methoxy groups -OCH3 is 1. The molecule has 0 atom stereocenters. The Morgan fingerprint density at radius 1 is 1.00 bits per heavy atom. The zero-order valence-corrected chi connectivity index (χ0v) is 19.9. The molecule has 2 aromatic carbocycles. The zero-order valence-electron chi connectivity index (χ0n) is 19.2. The Labute approximate surface area is 200 Å². The van der Waals surface area contributed by atoms with E-state index in [4.69, 9.17) is 18.9 Å². The standard InChI is InChI=1S/C26H29N2O4.ClH/c1-27-21-7-8-22(29-2)26(30-12-11-28-9-3-4-10-28)20(21)13-18-6-5-17-14-23-24(32-16-31-23)15-19(17)25(18)27;/h7-8,13-15H,3-6,9-12,16H2,1-2H3;1H/q+1;/p-1. The number of rotatable bonds is 5. The summed E-state index contributed by atoms with van der Waals surface area (Å²) in [5, 5.41) is 1.11. The Balaban J connectivity index is 0.00000228. The smallest absolute Gasteiger partial charge is 0.231 e. The zero-order chi connectivity index (χ0) is 21.7. The summed E-state index contributed by atoms with van der Waals surface area (Å²) < 4.78 is 25.6. The molecule has 6 nitrogen and oxygen atoms in total. The van der Waals surface area contributed by atoms with Gasteiger partial charge in [0.25, 0.3) is 0 Å². The molecule has 3 aliphatic rings. The predicted octanol–water partition coefficient (Wildman–Crippen LogP) is 0.646. The lowest BCUT2D eigenvalue weighted by Gasteiger charge is -2.21. The maximum absolute atomic E-state index is 6.36. The van der Waals surface area contributed by atoms with Crippen molar-refractivity contribution >= 4 is 10.9 Å². The van der Waals surface area contributed by atoms with Gasteiger partial charge in [-0.1, -0.05) is 0 Å². The molecule has 0 spiro atoms. The van der Waals surface area contributed by atoms with Gasteiger partial charge in [-0.15, -0.1) is 0 Å². The first-order valence-corrected chi connectivity index (χ1v) is 11.5. The van der Waals surface area contributed by atoms with E-state index in [0.717, 1.165) is 53.3 Å². The topological polar surface area (TPSA) is 44.0 Å². The summed E-state index contributed by atoms with van der Waals surface area (Å²) in [4.78, 5) is 2.47. The van der Waals surface area contributed by atoms with Gasteiger partial charge in [0.05, 0.1) is 18.1 Å². The minimum Gasteiger partial charge on any atom is -1.00 e. The third-order valence-corrected chi connectivity index (χ3v) is 7.05. The number of pyridine rings is 1. The van der Waals surface area contributed by atoms with E-state index in [1.165, 1.54) is 48.3 Å². The van der Waals surface area contributed by atoms with Gasteiger partial charge in [-0.05, 0) is 68.6 Å². The number of fused-ring (bicyclic) bond motifs is 5. The van der Waals surface area contributed by atoms with Crippen LogP contribution in [0.5, 0.6) is 23.0 Å². The number of nitrogens with zero attached hydrogens (tertiary/aromatic N) is 2. The Morgan fingerprint density at radius 2 is 1.76 bits per heavy atom. The molecule has 0 saturated carbocycles. The molecule has 0 N–H and O–H groups in total. The second-order valence-corrected chi connectivity index (χ2v) is 8.87. The van der Waals surface area contributed by atoms with Crippen LogP contribution < -0.4 is 35.9 Å². The van der Waals surface area contributed by atoms with Gasteiger partial charge in [-0.3, -0.25) is 4.90 Å². The predicted molar refractivity (Wildman–Crippen MR) is 122 cm³/mol. The fourth-order valence-electron chi connectivity index (χ4n) is 5.40. The molecule has 1 aliphatic carbocycles. The minimum atomic E-state index is 0. The number of halogens is 1. The van der Waals surface area contributed by atoms with E-state index in [0.29, 0.717) is 13.4 Å². The van der Waals surface area contributed by atoms with Crippen molar-refractivity contribution in [2.24, 2.45) is 7.05 Å². The van der Waals surface area contributed by atoms with E-state index in [-0.39, 0.29) is 12.4 Å². The molecule has 174 valence electrons. The summed E-state index contributed by atoms with van der Waals surface area (Å²) in [5.41, 5.74) is 6.24. The van der Waals surface area contributed by atoms with Gasteiger partial charge in [-0.2, -0.15) is 4.57 Å². The summed E-state index contributed by atoms with van der Waals surface area (Å²) in [7, 11) is 3.85. The normalized spacial score (nSPS) is 16.3. The third-order valence-electron chi connectivity index (χ3n) is 7.05. The first-order chi connectivity index (χ1) is 15.7. The molecule has 0 radical (unpaired) electrons. The van der Waals surface area contributed by atoms with Gasteiger partial charge < -0.3 is 31.4 Å². The van der Waals surface area contributed by atoms with Gasteiger partial charge in [-0.25, -0.2) is 0 Å². The van der Waals surface area contributed by atoms with Crippen LogP contribution in [0.2, 0.25) is 0 Å². The van der Waals surface area contributed by atoms with E-state index in [2.05, 4.69) is 40.8 Å². The summed E-state index contributed by atoms with van der Waals surface area (Å²) in [5.74, 6) is 3.32. The van der Waals surface area contributed by atoms with Gasteiger partial charge in [0, 0.05) is 18.2 Å². The van der Waals surface area contributed by atoms with Crippen molar-refractivity contribution in [3.05, 3.63) is 41.5 Å². The van der Waals surface area contributed by atoms with Gasteiger partial charge in [0.2, 0.25) is 18.0 Å². The van der Waals surface area contributed by atoms with Crippen molar-refractivity contribution < 1.29 is 35.9 Å². The molecule has 0 bridgehead atoms. The molecule has 2 aliphatic heterocycles. The molecule has 1 aromatic heterocycles. The van der Waals surface area contributed by atoms with Crippen LogP contribution in [0.25, 0.3) is 22.2 Å². The summed E-state index contributed by atoms with van der Waals surface area (Å²) in [6.07, 6.45) is 4.55. The highest BCUT2D eigenvalue weighted by molar-refractivity contribution is 5.88. The van der Waals surface area contributed by atoms with E-state index in [9.17, 15) is 0 Å². The second kappa shape index (κ2) is 8.92. The van der Waals surface area contributed by atoms with Crippen LogP contribution in [0.3, 0.4) is 0 Å². The number of hydrogen-bond acceptors (Lipinski definition) is 5. The van der Waals surface area contributed by atoms with Crippen molar-refractivity contribution in [2.75, 3.05) is 40.1 Å². The molecule has 6 rings (SSSR count). The minimum absolute atomic E-state index is 0. The molecular formula is C26H29ClN2O4. The third kappa shape index (κ3) is 3.75. The highest BCUT2D eigenvalue weighted by atomic mass is 35.5. The van der Waals surface area contributed by atoms with Crippen LogP contribution in [0.15, 0.2) is 30.3 Å². The molecule has 3 heterocycles. The molecule has 1 saturated heterocycles. The van der Waals surface area contributed by atoms with E-state index in [1.54, 1.807) is 7.11 Å². The lowest BCUT2D eigenvalue weighted by Crippen LogP contribution is -3.00. The molecule has 33 heavy (non-hydrogen) atoms. The van der Waals surface area contributed by atoms with Gasteiger partial charge in [0.15, 0.2) is 23.0 Å². The quantitative estimate of drug-likeness (QED) is 0.514. The van der Waals surface area contributed by atoms with Crippen molar-refractivity contribution in [1.29, 1.82) is 0 Å². The van der Waals surface area contributed by atoms with Gasteiger partial charge >= 0.3 is 0 Å². The van der Waals surface area contributed by atoms with Crippen molar-refractivity contribution in [1.82, 2.24) is 4.90 Å². The fourth-order valence-corrected chi connectivity index (χ4v) is 5.40. The monoisotopic (exact) mass is 468 g/mol. The highest BCUT2D eigenvalue weighted by Crippen LogP contribution is 2.43. The Hall–Kier alpha value is -2.70. The molecule has 7 heteroatoms. The Bertz CT molecular complexity index is 1210. The SMILES string of the molecule is COc1ccc2c(cc3c([n+]2C)-c2cc4c(cc2CC3)OCO4)c1OCCN1CCCC1.[Cl-]. The van der Waals surface area contributed by atoms with Crippen LogP contribution in [-0.2, 0) is 19.9 Å². The van der Waals surface area contributed by atoms with Crippen molar-refractivity contribution in [3.8, 4) is 34.3 Å². The van der Waals surface area contributed by atoms with Crippen LogP contribution in [0.1, 0.15) is 24.0 Å². The maximum atomic E-state index is 6.36. The van der Waals surface area contributed by atoms with Crippen LogP contribution in [0, 0.1) is 0 Å². The number of ether oxygens (including phenoxy) is 4. The summed E-state index contributed by atoms with van der Waals surface area (Å²) in [6, 6.07) is 10.7. The van der Waals surface area contributed by atoms with Crippen molar-refractivity contribution in [2.45, 2.75) is 25.7 Å². The average molecular weight is 469 g/mol. The number of aryl methyl sites for hydroxylation is 3. The summed E-state index contributed by atoms with van der Waals surface area (Å²) in [6.45, 7) is 4.28. The van der Waals surface area contributed by atoms with E-state index in [1.807, 2.05) is 6.07 Å². The van der Waals surface area contributed by atoms with Crippen LogP contribution in [-0.4, -0.2) is 45.0 Å². The molecule has 0 amide bonds. The highest BCUT2D eigenvalue weighted by Gasteiger charge is 2.30. The molecular weight excluding hydrogens is 440 g/mol. The number of hydrogen-bond donors (Lipinski definition) is 0. The summed E-state index contributed by atoms with van der Waals surface area (Å²) >= 11 is 0. The van der Waals surface area contributed by atoms with E-state index >= 15 is 0 Å². The first kappa shape index (κ1) is 22.1. The van der Waals surface area contributed by atoms with E-state index < -0.39 is 0 Å². The largest absolute Gasteiger partial charge is 1.00 e. The van der Waals surface area contributed by atoms with Crippen LogP contribution in [0.4, 0.5) is 0 Å². The second-order valence-electron chi connectivity index (χ2n) is 8.87. The Kier molecular flexibility index (Phi) is 5.97. The number of benzene rings is 2. The molecule has 0 unspecified atom stereocenters. The molecule has 3 aromatic rings. The average Bonchev–Trinajstić information content (AvgIpc) is 3.49. The van der Waals surface area contributed by atoms with Crippen molar-refractivity contribution in [3.63, 3.8) is 0 Å². The first-order valence-electron chi connectivity index (χ1n) is 11.5. The Morgan fingerprint density at radius 3 is 2.55 bits per heavy atom.